The van der Waals surface area contributed by atoms with Gasteiger partial charge >= 0.3 is 0 Å². The van der Waals surface area contributed by atoms with Crippen LogP contribution >= 0.6 is 12.6 Å². The van der Waals surface area contributed by atoms with Crippen LogP contribution < -0.4 is 5.73 Å². The number of nitrogens with zero attached hydrogens (tertiary/aromatic N) is 1. The summed E-state index contributed by atoms with van der Waals surface area (Å²) in [5.74, 6) is 0.591. The van der Waals surface area contributed by atoms with Crippen LogP contribution in [0.2, 0.25) is 0 Å². The number of aliphatic imine (C=N–C) groups is 1. The highest BCUT2D eigenvalue weighted by molar-refractivity contribution is 7.80. The Morgan fingerprint density at radius 2 is 1.95 bits per heavy atom. The molecule has 21 heavy (non-hydrogen) atoms. The van der Waals surface area contributed by atoms with Gasteiger partial charge in [0.2, 0.25) is 0 Å². The van der Waals surface area contributed by atoms with E-state index < -0.39 is 0 Å². The van der Waals surface area contributed by atoms with E-state index in [0.717, 1.165) is 16.8 Å². The summed E-state index contributed by atoms with van der Waals surface area (Å²) in [5, 5.41) is 0. The highest BCUT2D eigenvalue weighted by Gasteiger charge is 2.19. The molecule has 0 spiro atoms. The van der Waals surface area contributed by atoms with Crippen LogP contribution in [0.25, 0.3) is 0 Å². The van der Waals surface area contributed by atoms with Gasteiger partial charge in [-0.15, -0.1) is 0 Å². The van der Waals surface area contributed by atoms with Crippen molar-refractivity contribution in [2.24, 2.45) is 10.7 Å². The molecular weight excluding hydrogens is 283 g/mol. The van der Waals surface area contributed by atoms with Gasteiger partial charge in [0.25, 0.3) is 0 Å². The van der Waals surface area contributed by atoms with Crippen molar-refractivity contribution in [3.8, 4) is 0 Å². The summed E-state index contributed by atoms with van der Waals surface area (Å²) >= 11 is 4.41. The lowest BCUT2D eigenvalue weighted by molar-refractivity contribution is 0.604. The van der Waals surface area contributed by atoms with Crippen LogP contribution in [0, 0.1) is 12.7 Å². The molecule has 0 saturated carbocycles. The average Bonchev–Trinajstić information content (AvgIpc) is 2.44. The molecule has 0 fully saturated rings. The molecule has 0 amide bonds. The highest BCUT2D eigenvalue weighted by Crippen LogP contribution is 2.34. The average molecular weight is 302 g/mol. The van der Waals surface area contributed by atoms with Gasteiger partial charge in [0.15, 0.2) is 0 Å². The summed E-state index contributed by atoms with van der Waals surface area (Å²) in [6.07, 6.45) is 0. The minimum Gasteiger partial charge on any atom is -0.387 e. The number of benzene rings is 2. The molecule has 1 atom stereocenters. The van der Waals surface area contributed by atoms with E-state index in [0.29, 0.717) is 17.2 Å². The van der Waals surface area contributed by atoms with Gasteiger partial charge < -0.3 is 5.73 Å². The van der Waals surface area contributed by atoms with Crippen molar-refractivity contribution in [1.82, 2.24) is 0 Å². The first-order chi connectivity index (χ1) is 10.0. The van der Waals surface area contributed by atoms with E-state index >= 15 is 0 Å². The zero-order valence-corrected chi connectivity index (χ0v) is 13.1. The fourth-order valence-corrected chi connectivity index (χ4v) is 2.76. The Labute approximate surface area is 130 Å². The van der Waals surface area contributed by atoms with Gasteiger partial charge in [-0.2, -0.15) is 12.6 Å². The third kappa shape index (κ3) is 3.64. The molecule has 0 aromatic heterocycles. The SMILES string of the molecule is CC(N)=Nc1ccc(C)cc1C(CS)c1ccccc1F. The monoisotopic (exact) mass is 302 g/mol. The van der Waals surface area contributed by atoms with E-state index in [1.54, 1.807) is 19.1 Å². The van der Waals surface area contributed by atoms with Crippen molar-refractivity contribution < 1.29 is 4.39 Å². The topological polar surface area (TPSA) is 38.4 Å². The van der Waals surface area contributed by atoms with Gasteiger partial charge in [0.1, 0.15) is 5.82 Å². The Morgan fingerprint density at radius 3 is 2.57 bits per heavy atom. The molecule has 0 aliphatic rings. The summed E-state index contributed by atoms with van der Waals surface area (Å²) in [5.41, 5.74) is 9.14. The molecule has 110 valence electrons. The number of hydrogen-bond donors (Lipinski definition) is 2. The van der Waals surface area contributed by atoms with E-state index in [1.807, 2.05) is 31.2 Å². The summed E-state index contributed by atoms with van der Waals surface area (Å²) in [4.78, 5) is 4.36. The first-order valence-electron chi connectivity index (χ1n) is 6.79. The Balaban J connectivity index is 2.59. The normalized spacial score (nSPS) is 13.2. The zero-order chi connectivity index (χ0) is 15.4. The van der Waals surface area contributed by atoms with Gasteiger partial charge in [-0.1, -0.05) is 35.9 Å². The smallest absolute Gasteiger partial charge is 0.127 e. The minimum atomic E-state index is -0.225. The van der Waals surface area contributed by atoms with Crippen molar-refractivity contribution in [2.75, 3.05) is 5.75 Å². The van der Waals surface area contributed by atoms with E-state index in [1.165, 1.54) is 6.07 Å². The van der Waals surface area contributed by atoms with Crippen molar-refractivity contribution in [3.63, 3.8) is 0 Å². The molecule has 2 aromatic rings. The van der Waals surface area contributed by atoms with Crippen LogP contribution in [0.1, 0.15) is 29.5 Å². The predicted octanol–water partition coefficient (Wildman–Crippen LogP) is 4.20. The van der Waals surface area contributed by atoms with E-state index in [2.05, 4.69) is 17.6 Å². The number of nitrogens with two attached hydrogens (primary N) is 1. The molecule has 0 aliphatic heterocycles. The minimum absolute atomic E-state index is 0.160. The standard InChI is InChI=1S/C17H19FN2S/c1-11-7-8-17(20-12(2)19)14(9-11)15(10-21)13-5-3-4-6-16(13)18/h3-9,15,21H,10H2,1-2H3,(H2,19,20). The second-order valence-electron chi connectivity index (χ2n) is 5.07. The Kier molecular flexibility index (Phi) is 5.02. The zero-order valence-electron chi connectivity index (χ0n) is 12.2. The molecule has 2 nitrogen and oxygen atoms in total. The lowest BCUT2D eigenvalue weighted by atomic mass is 9.90. The maximum atomic E-state index is 14.1. The third-order valence-corrected chi connectivity index (χ3v) is 3.68. The molecule has 2 rings (SSSR count). The lowest BCUT2D eigenvalue weighted by Crippen LogP contribution is -2.08. The molecule has 0 aliphatic carbocycles. The van der Waals surface area contributed by atoms with Crippen molar-refractivity contribution in [1.29, 1.82) is 0 Å². The van der Waals surface area contributed by atoms with Crippen LogP contribution in [-0.4, -0.2) is 11.6 Å². The van der Waals surface area contributed by atoms with Gasteiger partial charge in [-0.05, 0) is 37.1 Å². The molecule has 4 heteroatoms. The van der Waals surface area contributed by atoms with E-state index in [9.17, 15) is 4.39 Å². The van der Waals surface area contributed by atoms with Crippen LogP contribution in [0.3, 0.4) is 0 Å². The van der Waals surface area contributed by atoms with Gasteiger partial charge in [-0.3, -0.25) is 0 Å². The first-order valence-corrected chi connectivity index (χ1v) is 7.42. The van der Waals surface area contributed by atoms with Crippen LogP contribution in [0.15, 0.2) is 47.5 Å². The number of aryl methyl sites for hydroxylation is 1. The second-order valence-corrected chi connectivity index (χ2v) is 5.44. The van der Waals surface area contributed by atoms with Crippen molar-refractivity contribution in [2.45, 2.75) is 19.8 Å². The molecular formula is C17H19FN2S. The maximum Gasteiger partial charge on any atom is 0.127 e. The Morgan fingerprint density at radius 1 is 1.24 bits per heavy atom. The van der Waals surface area contributed by atoms with Gasteiger partial charge in [0, 0.05) is 11.7 Å². The Bertz CT molecular complexity index is 664. The lowest BCUT2D eigenvalue weighted by Gasteiger charge is -2.19. The molecule has 0 bridgehead atoms. The van der Waals surface area contributed by atoms with E-state index in [4.69, 9.17) is 5.73 Å². The maximum absolute atomic E-state index is 14.1. The fourth-order valence-electron chi connectivity index (χ4n) is 2.37. The second kappa shape index (κ2) is 6.76. The molecule has 0 saturated heterocycles. The van der Waals surface area contributed by atoms with Crippen LogP contribution in [0.4, 0.5) is 10.1 Å². The Hall–Kier alpha value is -1.81. The fraction of sp³-hybridized carbons (Fsp3) is 0.235. The van der Waals surface area contributed by atoms with E-state index in [-0.39, 0.29) is 11.7 Å². The molecule has 1 unspecified atom stereocenters. The summed E-state index contributed by atoms with van der Waals surface area (Å²) in [6, 6.07) is 12.7. The summed E-state index contributed by atoms with van der Waals surface area (Å²) in [6.45, 7) is 3.74. The number of thiol groups is 1. The summed E-state index contributed by atoms with van der Waals surface area (Å²) < 4.78 is 14.1. The number of halogens is 1. The molecule has 2 aromatic carbocycles. The van der Waals surface area contributed by atoms with Gasteiger partial charge in [-0.25, -0.2) is 9.38 Å². The third-order valence-electron chi connectivity index (χ3n) is 3.32. The first kappa shape index (κ1) is 15.6. The number of hydrogen-bond acceptors (Lipinski definition) is 2. The molecule has 0 radical (unpaired) electrons. The summed E-state index contributed by atoms with van der Waals surface area (Å²) in [7, 11) is 0. The van der Waals surface area contributed by atoms with Crippen LogP contribution in [-0.2, 0) is 0 Å². The van der Waals surface area contributed by atoms with Crippen LogP contribution in [0.5, 0.6) is 0 Å². The van der Waals surface area contributed by atoms with Crippen molar-refractivity contribution >= 4 is 24.2 Å². The van der Waals surface area contributed by atoms with Gasteiger partial charge in [0.05, 0.1) is 11.5 Å². The highest BCUT2D eigenvalue weighted by atomic mass is 32.1. The quantitative estimate of drug-likeness (QED) is 0.496. The van der Waals surface area contributed by atoms with Crippen molar-refractivity contribution in [3.05, 3.63) is 65.0 Å². The number of rotatable bonds is 4. The molecule has 0 heterocycles. The molecule has 2 N–H and O–H groups in total. The predicted molar refractivity (Wildman–Crippen MR) is 90.2 cm³/mol. The largest absolute Gasteiger partial charge is 0.387 e. The number of amidine groups is 1.